The molecule has 0 spiro atoms. The van der Waals surface area contributed by atoms with Crippen LogP contribution in [0, 0.1) is 11.2 Å². The van der Waals surface area contributed by atoms with Crippen LogP contribution in [0.3, 0.4) is 0 Å². The van der Waals surface area contributed by atoms with Crippen molar-refractivity contribution in [2.75, 3.05) is 57.3 Å². The number of piperazine rings is 1. The number of rotatable bonds is 5. The van der Waals surface area contributed by atoms with Gasteiger partial charge in [-0.2, -0.15) is 0 Å². The van der Waals surface area contributed by atoms with Crippen molar-refractivity contribution in [3.63, 3.8) is 0 Å². The monoisotopic (exact) mass is 349 g/mol. The lowest BCUT2D eigenvalue weighted by Gasteiger charge is -2.45. The van der Waals surface area contributed by atoms with Gasteiger partial charge >= 0.3 is 0 Å². The first kappa shape index (κ1) is 18.6. The molecule has 140 valence electrons. The zero-order valence-corrected chi connectivity index (χ0v) is 15.6. The van der Waals surface area contributed by atoms with E-state index in [0.29, 0.717) is 6.04 Å². The SMILES string of the molecule is CC(C)(CO)CN1CCC[C@H](N2CCN(c3ccc(F)cc3)CC2)C1. The second kappa shape index (κ2) is 8.02. The van der Waals surface area contributed by atoms with E-state index in [-0.39, 0.29) is 17.8 Å². The van der Waals surface area contributed by atoms with Crippen LogP contribution in [0.4, 0.5) is 10.1 Å². The van der Waals surface area contributed by atoms with Crippen molar-refractivity contribution in [1.82, 2.24) is 9.80 Å². The summed E-state index contributed by atoms with van der Waals surface area (Å²) in [6.45, 7) is 11.9. The van der Waals surface area contributed by atoms with Crippen LogP contribution in [0.15, 0.2) is 24.3 Å². The van der Waals surface area contributed by atoms with Gasteiger partial charge in [0, 0.05) is 63.0 Å². The first-order valence-electron chi connectivity index (χ1n) is 9.55. The van der Waals surface area contributed by atoms with Gasteiger partial charge in [0.15, 0.2) is 0 Å². The third-order valence-corrected chi connectivity index (χ3v) is 5.58. The molecule has 1 N–H and O–H groups in total. The lowest BCUT2D eigenvalue weighted by atomic mass is 9.92. The van der Waals surface area contributed by atoms with Gasteiger partial charge in [-0.25, -0.2) is 4.39 Å². The summed E-state index contributed by atoms with van der Waals surface area (Å²) in [6, 6.07) is 7.47. The highest BCUT2D eigenvalue weighted by Gasteiger charge is 2.30. The summed E-state index contributed by atoms with van der Waals surface area (Å²) in [6.07, 6.45) is 2.51. The number of benzene rings is 1. The number of halogens is 1. The zero-order valence-electron chi connectivity index (χ0n) is 15.6. The first-order chi connectivity index (χ1) is 12.0. The van der Waals surface area contributed by atoms with Crippen molar-refractivity contribution in [3.05, 3.63) is 30.1 Å². The molecular formula is C20H32FN3O. The van der Waals surface area contributed by atoms with Crippen molar-refractivity contribution in [1.29, 1.82) is 0 Å². The normalized spacial score (nSPS) is 23.8. The molecule has 2 aliphatic rings. The number of hydrogen-bond donors (Lipinski definition) is 1. The lowest BCUT2D eigenvalue weighted by molar-refractivity contribution is 0.0502. The Hall–Kier alpha value is -1.17. The predicted octanol–water partition coefficient (Wildman–Crippen LogP) is 2.43. The van der Waals surface area contributed by atoms with Crippen LogP contribution in [-0.2, 0) is 0 Å². The fraction of sp³-hybridized carbons (Fsp3) is 0.700. The average molecular weight is 349 g/mol. The Bertz CT molecular complexity index is 540. The van der Waals surface area contributed by atoms with E-state index in [1.807, 2.05) is 12.1 Å². The Morgan fingerprint density at radius 1 is 1.08 bits per heavy atom. The molecule has 4 nitrogen and oxygen atoms in total. The maximum absolute atomic E-state index is 13.1. The highest BCUT2D eigenvalue weighted by Crippen LogP contribution is 2.24. The van der Waals surface area contributed by atoms with Gasteiger partial charge in [-0.05, 0) is 43.7 Å². The second-order valence-electron chi connectivity index (χ2n) is 8.35. The van der Waals surface area contributed by atoms with Gasteiger partial charge in [0.05, 0.1) is 0 Å². The fourth-order valence-corrected chi connectivity index (χ4v) is 4.13. The van der Waals surface area contributed by atoms with Crippen LogP contribution in [0.2, 0.25) is 0 Å². The molecule has 2 aliphatic heterocycles. The van der Waals surface area contributed by atoms with E-state index >= 15 is 0 Å². The summed E-state index contributed by atoms with van der Waals surface area (Å²) in [5.74, 6) is -0.171. The summed E-state index contributed by atoms with van der Waals surface area (Å²) in [5, 5.41) is 9.53. The zero-order chi connectivity index (χ0) is 17.9. The molecule has 3 rings (SSSR count). The van der Waals surface area contributed by atoms with Crippen LogP contribution in [0.25, 0.3) is 0 Å². The molecule has 0 aliphatic carbocycles. The predicted molar refractivity (Wildman–Crippen MR) is 101 cm³/mol. The molecule has 0 radical (unpaired) electrons. The molecule has 1 aromatic rings. The van der Waals surface area contributed by atoms with Gasteiger partial charge in [-0.15, -0.1) is 0 Å². The summed E-state index contributed by atoms with van der Waals surface area (Å²) in [4.78, 5) is 7.50. The fourth-order valence-electron chi connectivity index (χ4n) is 4.13. The summed E-state index contributed by atoms with van der Waals surface area (Å²) in [5.41, 5.74) is 1.10. The molecule has 0 saturated carbocycles. The van der Waals surface area contributed by atoms with Crippen LogP contribution in [0.5, 0.6) is 0 Å². The van der Waals surface area contributed by atoms with Crippen molar-refractivity contribution in [2.45, 2.75) is 32.7 Å². The lowest BCUT2D eigenvalue weighted by Crippen LogP contribution is -2.56. The molecule has 0 unspecified atom stereocenters. The highest BCUT2D eigenvalue weighted by molar-refractivity contribution is 5.46. The van der Waals surface area contributed by atoms with E-state index in [1.165, 1.54) is 12.8 Å². The quantitative estimate of drug-likeness (QED) is 0.884. The molecule has 5 heteroatoms. The molecule has 0 aromatic heterocycles. The second-order valence-corrected chi connectivity index (χ2v) is 8.35. The van der Waals surface area contributed by atoms with Gasteiger partial charge < -0.3 is 14.9 Å². The number of aliphatic hydroxyl groups is 1. The van der Waals surface area contributed by atoms with E-state index in [9.17, 15) is 9.50 Å². The van der Waals surface area contributed by atoms with Gasteiger partial charge in [0.25, 0.3) is 0 Å². The van der Waals surface area contributed by atoms with E-state index in [1.54, 1.807) is 12.1 Å². The highest BCUT2D eigenvalue weighted by atomic mass is 19.1. The number of aliphatic hydroxyl groups excluding tert-OH is 1. The molecule has 25 heavy (non-hydrogen) atoms. The molecule has 1 aromatic carbocycles. The smallest absolute Gasteiger partial charge is 0.123 e. The Kier molecular flexibility index (Phi) is 5.97. The minimum absolute atomic E-state index is 0.0246. The molecular weight excluding hydrogens is 317 g/mol. The minimum Gasteiger partial charge on any atom is -0.396 e. The average Bonchev–Trinajstić information content (AvgIpc) is 2.62. The van der Waals surface area contributed by atoms with E-state index in [4.69, 9.17) is 0 Å². The van der Waals surface area contributed by atoms with Crippen molar-refractivity contribution < 1.29 is 9.50 Å². The molecule has 0 bridgehead atoms. The Balaban J connectivity index is 1.51. The van der Waals surface area contributed by atoms with Gasteiger partial charge in [-0.3, -0.25) is 4.90 Å². The van der Waals surface area contributed by atoms with Gasteiger partial charge in [-0.1, -0.05) is 13.8 Å². The Labute approximate surface area is 151 Å². The number of piperidine rings is 1. The molecule has 2 saturated heterocycles. The summed E-state index contributed by atoms with van der Waals surface area (Å²) < 4.78 is 13.1. The van der Waals surface area contributed by atoms with Crippen LogP contribution >= 0.6 is 0 Å². The van der Waals surface area contributed by atoms with Crippen molar-refractivity contribution in [3.8, 4) is 0 Å². The maximum atomic E-state index is 13.1. The molecule has 1 atom stereocenters. The summed E-state index contributed by atoms with van der Waals surface area (Å²) >= 11 is 0. The number of nitrogens with zero attached hydrogens (tertiary/aromatic N) is 3. The third kappa shape index (κ3) is 4.93. The third-order valence-electron chi connectivity index (χ3n) is 5.58. The molecule has 2 heterocycles. The number of likely N-dealkylation sites (tertiary alicyclic amines) is 1. The summed E-state index contributed by atoms with van der Waals surface area (Å²) in [7, 11) is 0. The largest absolute Gasteiger partial charge is 0.396 e. The van der Waals surface area contributed by atoms with Gasteiger partial charge in [0.2, 0.25) is 0 Å². The number of anilines is 1. The van der Waals surface area contributed by atoms with Crippen LogP contribution < -0.4 is 4.90 Å². The standard InChI is InChI=1S/C20H32FN3O/c1-20(2,16-25)15-22-9-3-4-19(14-22)24-12-10-23(11-13-24)18-7-5-17(21)6-8-18/h5-8,19,25H,3-4,9-16H2,1-2H3/t19-/m0/s1. The molecule has 2 fully saturated rings. The number of hydrogen-bond acceptors (Lipinski definition) is 4. The van der Waals surface area contributed by atoms with E-state index < -0.39 is 0 Å². The van der Waals surface area contributed by atoms with Crippen molar-refractivity contribution in [2.24, 2.45) is 5.41 Å². The van der Waals surface area contributed by atoms with Crippen molar-refractivity contribution >= 4 is 5.69 Å². The minimum atomic E-state index is -0.171. The Morgan fingerprint density at radius 3 is 2.40 bits per heavy atom. The Morgan fingerprint density at radius 2 is 1.76 bits per heavy atom. The first-order valence-corrected chi connectivity index (χ1v) is 9.55. The van der Waals surface area contributed by atoms with Crippen LogP contribution in [-0.4, -0.2) is 73.4 Å². The van der Waals surface area contributed by atoms with E-state index in [0.717, 1.165) is 51.5 Å². The molecule has 0 amide bonds. The topological polar surface area (TPSA) is 30.0 Å². The van der Waals surface area contributed by atoms with Crippen LogP contribution in [0.1, 0.15) is 26.7 Å². The maximum Gasteiger partial charge on any atom is 0.123 e. The van der Waals surface area contributed by atoms with Gasteiger partial charge in [0.1, 0.15) is 5.82 Å². The van der Waals surface area contributed by atoms with E-state index in [2.05, 4.69) is 28.5 Å².